The van der Waals surface area contributed by atoms with Crippen LogP contribution >= 0.6 is 15.9 Å². The number of hydrogen-bond acceptors (Lipinski definition) is 3. The molecule has 1 aromatic carbocycles. The molecule has 2 aromatic rings. The molecule has 0 spiro atoms. The predicted molar refractivity (Wildman–Crippen MR) is 67.0 cm³/mol. The molecule has 0 saturated heterocycles. The smallest absolute Gasteiger partial charge is 0.211 e. The van der Waals surface area contributed by atoms with Gasteiger partial charge >= 0.3 is 0 Å². The maximum Gasteiger partial charge on any atom is 0.211 e. The molecule has 1 heterocycles. The molecular formula is C12H13BrN2O. The Morgan fingerprint density at radius 3 is 2.75 bits per heavy atom. The third kappa shape index (κ3) is 2.18. The van der Waals surface area contributed by atoms with Gasteiger partial charge in [0.1, 0.15) is 0 Å². The topological polar surface area (TPSA) is 52.0 Å². The van der Waals surface area contributed by atoms with Crippen molar-refractivity contribution in [2.45, 2.75) is 19.9 Å². The van der Waals surface area contributed by atoms with E-state index in [4.69, 9.17) is 10.2 Å². The summed E-state index contributed by atoms with van der Waals surface area (Å²) in [5, 5.41) is 0. The maximum absolute atomic E-state index is 5.70. The molecule has 1 aromatic heterocycles. The first-order valence-corrected chi connectivity index (χ1v) is 5.85. The van der Waals surface area contributed by atoms with E-state index in [1.807, 2.05) is 26.0 Å². The molecule has 1 atom stereocenters. The van der Waals surface area contributed by atoms with Crippen LogP contribution in [0, 0.1) is 6.92 Å². The molecular weight excluding hydrogens is 268 g/mol. The first-order chi connectivity index (χ1) is 7.58. The average molecular weight is 281 g/mol. The molecule has 0 fully saturated rings. The van der Waals surface area contributed by atoms with E-state index in [0.717, 1.165) is 21.4 Å². The second kappa shape index (κ2) is 4.39. The largest absolute Gasteiger partial charge is 0.439 e. The Bertz CT molecular complexity index is 505. The SMILES string of the molecule is Cc1cc(-c2cnc(C(C)N)o2)ccc1Br. The van der Waals surface area contributed by atoms with Crippen LogP contribution in [0.15, 0.2) is 33.3 Å². The normalized spacial score (nSPS) is 12.8. The van der Waals surface area contributed by atoms with Crippen molar-refractivity contribution in [1.82, 2.24) is 4.98 Å². The summed E-state index contributed by atoms with van der Waals surface area (Å²) in [7, 11) is 0. The first-order valence-electron chi connectivity index (χ1n) is 5.06. The second-order valence-electron chi connectivity index (χ2n) is 3.82. The van der Waals surface area contributed by atoms with Crippen molar-refractivity contribution in [2.75, 3.05) is 0 Å². The van der Waals surface area contributed by atoms with Crippen LogP contribution in [0.1, 0.15) is 24.4 Å². The molecule has 0 aliphatic rings. The quantitative estimate of drug-likeness (QED) is 0.917. The van der Waals surface area contributed by atoms with Crippen LogP contribution in [-0.2, 0) is 0 Å². The number of oxazole rings is 1. The Morgan fingerprint density at radius 1 is 1.44 bits per heavy atom. The first kappa shape index (κ1) is 11.4. The summed E-state index contributed by atoms with van der Waals surface area (Å²) in [5.41, 5.74) is 7.87. The van der Waals surface area contributed by atoms with Crippen molar-refractivity contribution >= 4 is 15.9 Å². The number of hydrogen-bond donors (Lipinski definition) is 1. The Balaban J connectivity index is 2.39. The van der Waals surface area contributed by atoms with Gasteiger partial charge in [-0.15, -0.1) is 0 Å². The van der Waals surface area contributed by atoms with Crippen molar-refractivity contribution in [1.29, 1.82) is 0 Å². The Morgan fingerprint density at radius 2 is 2.19 bits per heavy atom. The van der Waals surface area contributed by atoms with E-state index in [2.05, 4.69) is 27.0 Å². The molecule has 0 saturated carbocycles. The number of halogens is 1. The fraction of sp³-hybridized carbons (Fsp3) is 0.250. The van der Waals surface area contributed by atoms with Crippen molar-refractivity contribution in [3.8, 4) is 11.3 Å². The van der Waals surface area contributed by atoms with E-state index in [1.54, 1.807) is 6.20 Å². The van der Waals surface area contributed by atoms with E-state index in [1.165, 1.54) is 0 Å². The molecule has 4 heteroatoms. The molecule has 0 aliphatic carbocycles. The fourth-order valence-corrected chi connectivity index (χ4v) is 1.68. The van der Waals surface area contributed by atoms with Gasteiger partial charge in [0.05, 0.1) is 12.2 Å². The van der Waals surface area contributed by atoms with Gasteiger partial charge in [-0.3, -0.25) is 0 Å². The predicted octanol–water partition coefficient (Wildman–Crippen LogP) is 3.43. The summed E-state index contributed by atoms with van der Waals surface area (Å²) in [6.45, 7) is 3.89. The summed E-state index contributed by atoms with van der Waals surface area (Å²) in [6.07, 6.45) is 1.71. The summed E-state index contributed by atoms with van der Waals surface area (Å²) in [5.74, 6) is 1.32. The van der Waals surface area contributed by atoms with Gasteiger partial charge in [0.2, 0.25) is 5.89 Å². The van der Waals surface area contributed by atoms with Crippen LogP contribution in [0.5, 0.6) is 0 Å². The van der Waals surface area contributed by atoms with Crippen LogP contribution < -0.4 is 5.73 Å². The van der Waals surface area contributed by atoms with Crippen LogP contribution in [0.4, 0.5) is 0 Å². The number of nitrogens with two attached hydrogens (primary N) is 1. The third-order valence-electron chi connectivity index (χ3n) is 2.36. The average Bonchev–Trinajstić information content (AvgIpc) is 2.71. The minimum Gasteiger partial charge on any atom is -0.439 e. The summed E-state index contributed by atoms with van der Waals surface area (Å²) in [6, 6.07) is 5.86. The molecule has 3 nitrogen and oxygen atoms in total. The zero-order valence-corrected chi connectivity index (χ0v) is 10.8. The molecule has 84 valence electrons. The van der Waals surface area contributed by atoms with E-state index >= 15 is 0 Å². The summed E-state index contributed by atoms with van der Waals surface area (Å²) >= 11 is 3.46. The highest BCUT2D eigenvalue weighted by Gasteiger charge is 2.10. The molecule has 16 heavy (non-hydrogen) atoms. The highest BCUT2D eigenvalue weighted by molar-refractivity contribution is 9.10. The number of aryl methyl sites for hydroxylation is 1. The van der Waals surface area contributed by atoms with Crippen LogP contribution in [0.3, 0.4) is 0 Å². The number of rotatable bonds is 2. The molecule has 0 bridgehead atoms. The van der Waals surface area contributed by atoms with Gasteiger partial charge in [-0.2, -0.15) is 0 Å². The summed E-state index contributed by atoms with van der Waals surface area (Å²) < 4.78 is 6.66. The minimum atomic E-state index is -0.176. The monoisotopic (exact) mass is 280 g/mol. The van der Waals surface area contributed by atoms with E-state index < -0.39 is 0 Å². The van der Waals surface area contributed by atoms with Gasteiger partial charge in [-0.05, 0) is 31.5 Å². The molecule has 1 unspecified atom stereocenters. The standard InChI is InChI=1S/C12H13BrN2O/c1-7-5-9(3-4-10(7)13)11-6-15-12(16-11)8(2)14/h3-6,8H,14H2,1-2H3. The van der Waals surface area contributed by atoms with Gasteiger partial charge in [0.25, 0.3) is 0 Å². The lowest BCUT2D eigenvalue weighted by molar-refractivity contribution is 0.473. The van der Waals surface area contributed by atoms with Gasteiger partial charge in [0.15, 0.2) is 5.76 Å². The Hall–Kier alpha value is -1.13. The lowest BCUT2D eigenvalue weighted by Crippen LogP contribution is -2.04. The fourth-order valence-electron chi connectivity index (χ4n) is 1.43. The van der Waals surface area contributed by atoms with E-state index in [9.17, 15) is 0 Å². The van der Waals surface area contributed by atoms with Gasteiger partial charge in [0, 0.05) is 10.0 Å². The lowest BCUT2D eigenvalue weighted by atomic mass is 10.1. The molecule has 0 amide bonds. The van der Waals surface area contributed by atoms with Crippen molar-refractivity contribution < 1.29 is 4.42 Å². The Labute approximate surface area is 103 Å². The summed E-state index contributed by atoms with van der Waals surface area (Å²) in [4.78, 5) is 4.14. The van der Waals surface area contributed by atoms with E-state index in [-0.39, 0.29) is 6.04 Å². The van der Waals surface area contributed by atoms with Crippen molar-refractivity contribution in [3.63, 3.8) is 0 Å². The second-order valence-corrected chi connectivity index (χ2v) is 4.67. The lowest BCUT2D eigenvalue weighted by Gasteiger charge is -2.01. The zero-order chi connectivity index (χ0) is 11.7. The number of benzene rings is 1. The van der Waals surface area contributed by atoms with Gasteiger partial charge in [-0.1, -0.05) is 22.0 Å². The molecule has 0 radical (unpaired) electrons. The zero-order valence-electron chi connectivity index (χ0n) is 9.20. The highest BCUT2D eigenvalue weighted by atomic mass is 79.9. The van der Waals surface area contributed by atoms with E-state index in [0.29, 0.717) is 5.89 Å². The molecule has 0 aliphatic heterocycles. The van der Waals surface area contributed by atoms with Crippen LogP contribution in [0.2, 0.25) is 0 Å². The van der Waals surface area contributed by atoms with Crippen LogP contribution in [0.25, 0.3) is 11.3 Å². The molecule has 2 N–H and O–H groups in total. The van der Waals surface area contributed by atoms with Gasteiger partial charge < -0.3 is 10.2 Å². The van der Waals surface area contributed by atoms with Crippen molar-refractivity contribution in [2.24, 2.45) is 5.73 Å². The highest BCUT2D eigenvalue weighted by Crippen LogP contribution is 2.26. The maximum atomic E-state index is 5.70. The molecule has 2 rings (SSSR count). The van der Waals surface area contributed by atoms with Crippen molar-refractivity contribution in [3.05, 3.63) is 40.3 Å². The van der Waals surface area contributed by atoms with Crippen LogP contribution in [-0.4, -0.2) is 4.98 Å². The third-order valence-corrected chi connectivity index (χ3v) is 3.25. The number of aromatic nitrogens is 1. The minimum absolute atomic E-state index is 0.176. The Kier molecular flexibility index (Phi) is 3.12. The van der Waals surface area contributed by atoms with Gasteiger partial charge in [-0.25, -0.2) is 4.98 Å². The number of nitrogens with zero attached hydrogens (tertiary/aromatic N) is 1.